The van der Waals surface area contributed by atoms with E-state index in [1.165, 1.54) is 0 Å². The van der Waals surface area contributed by atoms with Crippen LogP contribution >= 0.6 is 23.2 Å². The SMILES string of the molecule is CCCn1nnnc1NCc1cc(Cl)c(OCc2ccc(Cl)cc2)c(OC)c1. The summed E-state index contributed by atoms with van der Waals surface area (Å²) in [5, 5.41) is 16.0. The molecule has 1 N–H and O–H groups in total. The largest absolute Gasteiger partial charge is 0.493 e. The van der Waals surface area contributed by atoms with Crippen molar-refractivity contribution >= 4 is 29.2 Å². The molecule has 0 atom stereocenters. The van der Waals surface area contributed by atoms with E-state index < -0.39 is 0 Å². The van der Waals surface area contributed by atoms with E-state index in [0.29, 0.717) is 40.6 Å². The minimum absolute atomic E-state index is 0.358. The van der Waals surface area contributed by atoms with Crippen LogP contribution in [0.15, 0.2) is 36.4 Å². The summed E-state index contributed by atoms with van der Waals surface area (Å²) in [6.07, 6.45) is 0.943. The number of ether oxygens (including phenoxy) is 2. The fourth-order valence-electron chi connectivity index (χ4n) is 2.63. The maximum absolute atomic E-state index is 6.45. The Labute approximate surface area is 173 Å². The molecule has 0 saturated heterocycles. The van der Waals surface area contributed by atoms with Gasteiger partial charge in [-0.2, -0.15) is 0 Å². The molecule has 3 rings (SSSR count). The summed E-state index contributed by atoms with van der Waals surface area (Å²) in [6.45, 7) is 3.67. The van der Waals surface area contributed by atoms with Gasteiger partial charge in [-0.25, -0.2) is 4.68 Å². The quantitative estimate of drug-likeness (QED) is 0.544. The molecule has 148 valence electrons. The highest BCUT2D eigenvalue weighted by atomic mass is 35.5. The Bertz CT molecular complexity index is 915. The summed E-state index contributed by atoms with van der Waals surface area (Å²) >= 11 is 12.4. The number of anilines is 1. The number of tetrazole rings is 1. The molecule has 0 aliphatic heterocycles. The van der Waals surface area contributed by atoms with Crippen LogP contribution in [0.3, 0.4) is 0 Å². The number of hydrogen-bond acceptors (Lipinski definition) is 6. The first kappa shape index (κ1) is 20.2. The van der Waals surface area contributed by atoms with Crippen LogP contribution < -0.4 is 14.8 Å². The standard InChI is InChI=1S/C19H21Cl2N5O2/c1-3-8-26-19(23-24-25-26)22-11-14-9-16(21)18(17(10-14)27-2)28-12-13-4-6-15(20)7-5-13/h4-7,9-10H,3,8,11-12H2,1-2H3,(H,22,23,25). The Hall–Kier alpha value is -2.51. The number of methoxy groups -OCH3 is 1. The lowest BCUT2D eigenvalue weighted by molar-refractivity contribution is 0.284. The van der Waals surface area contributed by atoms with Crippen molar-refractivity contribution in [2.75, 3.05) is 12.4 Å². The molecule has 3 aromatic rings. The Morgan fingerprint density at radius 3 is 2.61 bits per heavy atom. The summed E-state index contributed by atoms with van der Waals surface area (Å²) in [6, 6.07) is 11.2. The van der Waals surface area contributed by atoms with Gasteiger partial charge >= 0.3 is 0 Å². The number of aryl methyl sites for hydroxylation is 1. The first-order chi connectivity index (χ1) is 13.6. The first-order valence-electron chi connectivity index (χ1n) is 8.84. The van der Waals surface area contributed by atoms with E-state index in [9.17, 15) is 0 Å². The Morgan fingerprint density at radius 2 is 1.89 bits per heavy atom. The summed E-state index contributed by atoms with van der Waals surface area (Å²) in [5.74, 6) is 1.67. The number of rotatable bonds is 9. The molecule has 1 aromatic heterocycles. The third-order valence-electron chi connectivity index (χ3n) is 4.00. The predicted octanol–water partition coefficient (Wildman–Crippen LogP) is 4.59. The molecule has 7 nitrogen and oxygen atoms in total. The van der Waals surface area contributed by atoms with E-state index in [-0.39, 0.29) is 0 Å². The number of halogens is 2. The molecule has 28 heavy (non-hydrogen) atoms. The van der Waals surface area contributed by atoms with E-state index in [0.717, 1.165) is 24.1 Å². The van der Waals surface area contributed by atoms with E-state index in [2.05, 4.69) is 27.8 Å². The van der Waals surface area contributed by atoms with E-state index >= 15 is 0 Å². The van der Waals surface area contributed by atoms with Crippen molar-refractivity contribution in [3.63, 3.8) is 0 Å². The first-order valence-corrected chi connectivity index (χ1v) is 9.60. The summed E-state index contributed by atoms with van der Waals surface area (Å²) in [4.78, 5) is 0. The average Bonchev–Trinajstić information content (AvgIpc) is 3.14. The third-order valence-corrected chi connectivity index (χ3v) is 4.54. The van der Waals surface area contributed by atoms with Gasteiger partial charge in [0.05, 0.1) is 12.1 Å². The van der Waals surface area contributed by atoms with Crippen molar-refractivity contribution in [3.8, 4) is 11.5 Å². The maximum Gasteiger partial charge on any atom is 0.243 e. The van der Waals surface area contributed by atoms with Crippen LogP contribution in [0.5, 0.6) is 11.5 Å². The predicted molar refractivity (Wildman–Crippen MR) is 109 cm³/mol. The zero-order valence-corrected chi connectivity index (χ0v) is 17.2. The summed E-state index contributed by atoms with van der Waals surface area (Å²) in [7, 11) is 1.58. The smallest absolute Gasteiger partial charge is 0.243 e. The molecular formula is C19H21Cl2N5O2. The van der Waals surface area contributed by atoms with Crippen LogP contribution in [0.4, 0.5) is 5.95 Å². The molecule has 0 fully saturated rings. The lowest BCUT2D eigenvalue weighted by atomic mass is 10.2. The Kier molecular flexibility index (Phi) is 6.95. The van der Waals surface area contributed by atoms with E-state index in [4.69, 9.17) is 32.7 Å². The van der Waals surface area contributed by atoms with Gasteiger partial charge in [0.15, 0.2) is 11.5 Å². The van der Waals surface area contributed by atoms with Crippen molar-refractivity contribution in [1.29, 1.82) is 0 Å². The molecule has 1 heterocycles. The van der Waals surface area contributed by atoms with Gasteiger partial charge in [-0.1, -0.05) is 47.4 Å². The second-order valence-electron chi connectivity index (χ2n) is 6.10. The average molecular weight is 422 g/mol. The lowest BCUT2D eigenvalue weighted by Gasteiger charge is -2.15. The third kappa shape index (κ3) is 5.05. The number of nitrogens with one attached hydrogen (secondary N) is 1. The fraction of sp³-hybridized carbons (Fsp3) is 0.316. The van der Waals surface area contributed by atoms with Gasteiger partial charge in [0, 0.05) is 18.1 Å². The molecular weight excluding hydrogens is 401 g/mol. The lowest BCUT2D eigenvalue weighted by Crippen LogP contribution is -2.09. The molecule has 0 spiro atoms. The second-order valence-corrected chi connectivity index (χ2v) is 6.95. The molecule has 2 aromatic carbocycles. The van der Waals surface area contributed by atoms with Crippen molar-refractivity contribution in [2.24, 2.45) is 0 Å². The fourth-order valence-corrected chi connectivity index (χ4v) is 3.04. The Morgan fingerprint density at radius 1 is 1.11 bits per heavy atom. The minimum atomic E-state index is 0.358. The summed E-state index contributed by atoms with van der Waals surface area (Å²) in [5.41, 5.74) is 1.91. The number of aromatic nitrogens is 4. The van der Waals surface area contributed by atoms with Gasteiger partial charge in [-0.05, 0) is 52.2 Å². The van der Waals surface area contributed by atoms with Crippen molar-refractivity contribution in [3.05, 3.63) is 57.6 Å². The van der Waals surface area contributed by atoms with Gasteiger partial charge in [0.1, 0.15) is 6.61 Å². The van der Waals surface area contributed by atoms with Crippen molar-refractivity contribution < 1.29 is 9.47 Å². The van der Waals surface area contributed by atoms with E-state index in [1.54, 1.807) is 11.8 Å². The van der Waals surface area contributed by atoms with Crippen LogP contribution in [0.1, 0.15) is 24.5 Å². The van der Waals surface area contributed by atoms with Gasteiger partial charge in [-0.15, -0.1) is 0 Å². The minimum Gasteiger partial charge on any atom is -0.493 e. The molecule has 0 aliphatic carbocycles. The molecule has 0 aliphatic rings. The van der Waals surface area contributed by atoms with Crippen LogP contribution in [-0.4, -0.2) is 27.3 Å². The molecule has 0 unspecified atom stereocenters. The highest BCUT2D eigenvalue weighted by Crippen LogP contribution is 2.37. The maximum atomic E-state index is 6.45. The number of benzene rings is 2. The normalized spacial score (nSPS) is 10.7. The molecule has 0 bridgehead atoms. The second kappa shape index (κ2) is 9.61. The van der Waals surface area contributed by atoms with Crippen LogP contribution in [0.2, 0.25) is 10.0 Å². The van der Waals surface area contributed by atoms with Gasteiger partial charge in [-0.3, -0.25) is 0 Å². The molecule has 9 heteroatoms. The Balaban J connectivity index is 1.70. The molecule has 0 saturated carbocycles. The molecule has 0 radical (unpaired) electrons. The van der Waals surface area contributed by atoms with Crippen molar-refractivity contribution in [1.82, 2.24) is 20.2 Å². The highest BCUT2D eigenvalue weighted by Gasteiger charge is 2.13. The van der Waals surface area contributed by atoms with Gasteiger partial charge < -0.3 is 14.8 Å². The molecule has 0 amide bonds. The topological polar surface area (TPSA) is 74.1 Å². The summed E-state index contributed by atoms with van der Waals surface area (Å²) < 4.78 is 13.1. The van der Waals surface area contributed by atoms with Gasteiger partial charge in [0.2, 0.25) is 5.95 Å². The van der Waals surface area contributed by atoms with Crippen LogP contribution in [0.25, 0.3) is 0 Å². The monoisotopic (exact) mass is 421 g/mol. The van der Waals surface area contributed by atoms with E-state index in [1.807, 2.05) is 36.4 Å². The zero-order chi connectivity index (χ0) is 19.9. The van der Waals surface area contributed by atoms with Crippen molar-refractivity contribution in [2.45, 2.75) is 33.0 Å². The zero-order valence-electron chi connectivity index (χ0n) is 15.7. The number of hydrogen-bond donors (Lipinski definition) is 1. The highest BCUT2D eigenvalue weighted by molar-refractivity contribution is 6.32. The van der Waals surface area contributed by atoms with Crippen LogP contribution in [0, 0.1) is 0 Å². The number of nitrogens with zero attached hydrogens (tertiary/aromatic N) is 4. The van der Waals surface area contributed by atoms with Gasteiger partial charge in [0.25, 0.3) is 0 Å². The van der Waals surface area contributed by atoms with Crippen LogP contribution in [-0.2, 0) is 19.7 Å².